The topological polar surface area (TPSA) is 22.1 Å². The average Bonchev–Trinajstić information content (AvgIpc) is 2.33. The van der Waals surface area contributed by atoms with E-state index in [9.17, 15) is 0 Å². The van der Waals surface area contributed by atoms with Crippen LogP contribution in [0.1, 0.15) is 11.3 Å². The van der Waals surface area contributed by atoms with Crippen LogP contribution in [0.5, 0.6) is 11.5 Å². The maximum absolute atomic E-state index is 5.79. The Kier molecular flexibility index (Phi) is 3.42. The summed E-state index contributed by atoms with van der Waals surface area (Å²) in [7, 11) is 0. The normalized spacial score (nSPS) is 10.1. The summed E-state index contributed by atoms with van der Waals surface area (Å²) in [6.07, 6.45) is 1.71. The van der Waals surface area contributed by atoms with Gasteiger partial charge < -0.3 is 4.74 Å². The summed E-state index contributed by atoms with van der Waals surface area (Å²) >= 11 is 5.79. The SMILES string of the molecule is Cc1c(Oc2ccccc2)ccnc1CCl. The highest BCUT2D eigenvalue weighted by atomic mass is 35.5. The molecule has 1 aromatic carbocycles. The molecule has 1 heterocycles. The van der Waals surface area contributed by atoms with Crippen LogP contribution in [-0.2, 0) is 5.88 Å². The molecule has 0 saturated carbocycles. The molecule has 2 rings (SSSR count). The number of alkyl halides is 1. The first-order valence-corrected chi connectivity index (χ1v) is 5.58. The lowest BCUT2D eigenvalue weighted by Crippen LogP contribution is -1.94. The summed E-state index contributed by atoms with van der Waals surface area (Å²) in [4.78, 5) is 4.19. The maximum Gasteiger partial charge on any atom is 0.133 e. The monoisotopic (exact) mass is 233 g/mol. The number of para-hydroxylation sites is 1. The highest BCUT2D eigenvalue weighted by Crippen LogP contribution is 2.26. The quantitative estimate of drug-likeness (QED) is 0.750. The molecule has 0 saturated heterocycles. The second-order valence-electron chi connectivity index (χ2n) is 3.43. The van der Waals surface area contributed by atoms with Crippen molar-refractivity contribution in [2.75, 3.05) is 0 Å². The van der Waals surface area contributed by atoms with Crippen molar-refractivity contribution in [3.8, 4) is 11.5 Å². The van der Waals surface area contributed by atoms with Gasteiger partial charge in [0.15, 0.2) is 0 Å². The molecule has 0 fully saturated rings. The first-order chi connectivity index (χ1) is 7.81. The van der Waals surface area contributed by atoms with E-state index >= 15 is 0 Å². The van der Waals surface area contributed by atoms with Crippen LogP contribution in [0.4, 0.5) is 0 Å². The third kappa shape index (κ3) is 2.34. The van der Waals surface area contributed by atoms with Crippen LogP contribution in [0.2, 0.25) is 0 Å². The Morgan fingerprint density at radius 2 is 1.94 bits per heavy atom. The second-order valence-corrected chi connectivity index (χ2v) is 3.70. The minimum atomic E-state index is 0.401. The number of aromatic nitrogens is 1. The van der Waals surface area contributed by atoms with Crippen molar-refractivity contribution < 1.29 is 4.74 Å². The molecule has 0 aliphatic carbocycles. The van der Waals surface area contributed by atoms with Gasteiger partial charge in [-0.2, -0.15) is 0 Å². The molecule has 3 heteroatoms. The van der Waals surface area contributed by atoms with Gasteiger partial charge in [-0.25, -0.2) is 0 Å². The summed E-state index contributed by atoms with van der Waals surface area (Å²) in [5, 5.41) is 0. The molecular formula is C13H12ClNO. The Hall–Kier alpha value is -1.54. The molecule has 0 spiro atoms. The van der Waals surface area contributed by atoms with Gasteiger partial charge in [-0.05, 0) is 25.1 Å². The van der Waals surface area contributed by atoms with E-state index in [4.69, 9.17) is 16.3 Å². The number of halogens is 1. The lowest BCUT2D eigenvalue weighted by Gasteiger charge is -2.10. The summed E-state index contributed by atoms with van der Waals surface area (Å²) in [6, 6.07) is 11.5. The first-order valence-electron chi connectivity index (χ1n) is 5.04. The van der Waals surface area contributed by atoms with Crippen LogP contribution < -0.4 is 4.74 Å². The fourth-order valence-electron chi connectivity index (χ4n) is 1.42. The van der Waals surface area contributed by atoms with E-state index in [0.29, 0.717) is 5.88 Å². The zero-order valence-corrected chi connectivity index (χ0v) is 9.74. The molecule has 0 amide bonds. The van der Waals surface area contributed by atoms with Gasteiger partial charge in [0.25, 0.3) is 0 Å². The zero-order valence-electron chi connectivity index (χ0n) is 8.98. The van der Waals surface area contributed by atoms with Gasteiger partial charge in [-0.3, -0.25) is 4.98 Å². The van der Waals surface area contributed by atoms with Crippen LogP contribution >= 0.6 is 11.6 Å². The highest BCUT2D eigenvalue weighted by molar-refractivity contribution is 6.17. The predicted octanol–water partition coefficient (Wildman–Crippen LogP) is 3.92. The highest BCUT2D eigenvalue weighted by Gasteiger charge is 2.06. The van der Waals surface area contributed by atoms with Crippen molar-refractivity contribution >= 4 is 11.6 Å². The van der Waals surface area contributed by atoms with Gasteiger partial charge in [-0.15, -0.1) is 11.6 Å². The standard InChI is InChI=1S/C13H12ClNO/c1-10-12(9-14)15-8-7-13(10)16-11-5-3-2-4-6-11/h2-8H,9H2,1H3. The van der Waals surface area contributed by atoms with Crippen LogP contribution in [0, 0.1) is 6.92 Å². The smallest absolute Gasteiger partial charge is 0.133 e. The summed E-state index contributed by atoms with van der Waals surface area (Å²) in [6.45, 7) is 1.96. The van der Waals surface area contributed by atoms with Crippen molar-refractivity contribution in [2.45, 2.75) is 12.8 Å². The van der Waals surface area contributed by atoms with E-state index in [1.165, 1.54) is 0 Å². The maximum atomic E-state index is 5.79. The van der Waals surface area contributed by atoms with Gasteiger partial charge in [0.2, 0.25) is 0 Å². The van der Waals surface area contributed by atoms with Crippen molar-refractivity contribution in [2.24, 2.45) is 0 Å². The Balaban J connectivity index is 2.28. The minimum Gasteiger partial charge on any atom is -0.457 e. The summed E-state index contributed by atoms with van der Waals surface area (Å²) in [5.41, 5.74) is 1.84. The van der Waals surface area contributed by atoms with Crippen molar-refractivity contribution in [3.63, 3.8) is 0 Å². The number of pyridine rings is 1. The fourth-order valence-corrected chi connectivity index (χ4v) is 1.69. The van der Waals surface area contributed by atoms with Gasteiger partial charge >= 0.3 is 0 Å². The van der Waals surface area contributed by atoms with E-state index in [1.807, 2.05) is 43.3 Å². The molecule has 0 radical (unpaired) electrons. The molecule has 0 aliphatic heterocycles. The molecule has 0 N–H and O–H groups in total. The van der Waals surface area contributed by atoms with E-state index in [-0.39, 0.29) is 0 Å². The number of nitrogens with zero attached hydrogens (tertiary/aromatic N) is 1. The molecule has 16 heavy (non-hydrogen) atoms. The predicted molar refractivity (Wildman–Crippen MR) is 65.0 cm³/mol. The van der Waals surface area contributed by atoms with Crippen LogP contribution in [0.25, 0.3) is 0 Å². The number of hydrogen-bond acceptors (Lipinski definition) is 2. The molecule has 2 aromatic rings. The van der Waals surface area contributed by atoms with E-state index in [2.05, 4.69) is 4.98 Å². The largest absolute Gasteiger partial charge is 0.457 e. The third-order valence-electron chi connectivity index (χ3n) is 2.36. The molecule has 0 aliphatic rings. The average molecular weight is 234 g/mol. The van der Waals surface area contributed by atoms with Crippen molar-refractivity contribution in [1.82, 2.24) is 4.98 Å². The Bertz CT molecular complexity index is 471. The number of rotatable bonds is 3. The van der Waals surface area contributed by atoms with Crippen molar-refractivity contribution in [1.29, 1.82) is 0 Å². The number of ether oxygens (including phenoxy) is 1. The van der Waals surface area contributed by atoms with E-state index in [0.717, 1.165) is 22.8 Å². The molecule has 0 atom stereocenters. The minimum absolute atomic E-state index is 0.401. The lowest BCUT2D eigenvalue weighted by molar-refractivity contribution is 0.477. The van der Waals surface area contributed by atoms with Gasteiger partial charge in [-0.1, -0.05) is 18.2 Å². The first kappa shape index (κ1) is 11.0. The number of hydrogen-bond donors (Lipinski definition) is 0. The Morgan fingerprint density at radius 3 is 2.62 bits per heavy atom. The summed E-state index contributed by atoms with van der Waals surface area (Å²) in [5.74, 6) is 2.02. The lowest BCUT2D eigenvalue weighted by atomic mass is 10.2. The van der Waals surface area contributed by atoms with E-state index < -0.39 is 0 Å². The molecule has 0 bridgehead atoms. The number of benzene rings is 1. The molecule has 2 nitrogen and oxygen atoms in total. The summed E-state index contributed by atoms with van der Waals surface area (Å²) < 4.78 is 5.75. The molecular weight excluding hydrogens is 222 g/mol. The van der Waals surface area contributed by atoms with Crippen LogP contribution in [-0.4, -0.2) is 4.98 Å². The zero-order chi connectivity index (χ0) is 11.4. The van der Waals surface area contributed by atoms with Crippen LogP contribution in [0.15, 0.2) is 42.6 Å². The molecule has 1 aromatic heterocycles. The fraction of sp³-hybridized carbons (Fsp3) is 0.154. The second kappa shape index (κ2) is 4.99. The Morgan fingerprint density at radius 1 is 1.19 bits per heavy atom. The van der Waals surface area contributed by atoms with Crippen molar-refractivity contribution in [3.05, 3.63) is 53.9 Å². The Labute approximate surface area is 99.9 Å². The van der Waals surface area contributed by atoms with E-state index in [1.54, 1.807) is 6.20 Å². The van der Waals surface area contributed by atoms with Gasteiger partial charge in [0, 0.05) is 11.8 Å². The van der Waals surface area contributed by atoms with Gasteiger partial charge in [0.05, 0.1) is 11.6 Å². The molecule has 82 valence electrons. The van der Waals surface area contributed by atoms with Crippen LogP contribution in [0.3, 0.4) is 0 Å². The van der Waals surface area contributed by atoms with Gasteiger partial charge in [0.1, 0.15) is 11.5 Å². The third-order valence-corrected chi connectivity index (χ3v) is 2.61. The molecule has 0 unspecified atom stereocenters.